The molecule has 0 aliphatic heterocycles. The summed E-state index contributed by atoms with van der Waals surface area (Å²) in [6.45, 7) is 4.77. The highest BCUT2D eigenvalue weighted by atomic mass is 14.5. The summed E-state index contributed by atoms with van der Waals surface area (Å²) < 4.78 is 0. The van der Waals surface area contributed by atoms with Crippen molar-refractivity contribution < 1.29 is 0 Å². The second kappa shape index (κ2) is 8.85. The van der Waals surface area contributed by atoms with Gasteiger partial charge in [0.15, 0.2) is 0 Å². The molecule has 0 heterocycles. The first kappa shape index (κ1) is 19.7. The van der Waals surface area contributed by atoms with Crippen molar-refractivity contribution in [3.05, 3.63) is 65.8 Å². The van der Waals surface area contributed by atoms with Crippen molar-refractivity contribution >= 4 is 5.57 Å². The van der Waals surface area contributed by atoms with E-state index < -0.39 is 0 Å². The number of benzene rings is 1. The Hall–Kier alpha value is -1.56. The molecular weight excluding hydrogens is 336 g/mol. The minimum atomic E-state index is 0.301. The molecule has 0 spiro atoms. The van der Waals surface area contributed by atoms with E-state index in [0.29, 0.717) is 5.41 Å². The molecule has 1 aromatic carbocycles. The SMILES string of the molecule is CCCC1CCC(C2(C3=CCC(C)CC3)C=CC(c3ccccc3)=CC2)CC1. The van der Waals surface area contributed by atoms with Crippen LogP contribution in [0.25, 0.3) is 5.57 Å². The van der Waals surface area contributed by atoms with Crippen LogP contribution in [0.4, 0.5) is 0 Å². The van der Waals surface area contributed by atoms with Crippen molar-refractivity contribution in [1.82, 2.24) is 0 Å². The average molecular weight is 375 g/mol. The van der Waals surface area contributed by atoms with Gasteiger partial charge in [0.2, 0.25) is 0 Å². The maximum Gasteiger partial charge on any atom is 0.0157 e. The molecular formula is C28H38. The summed E-state index contributed by atoms with van der Waals surface area (Å²) >= 11 is 0. The Kier molecular flexibility index (Phi) is 6.24. The van der Waals surface area contributed by atoms with Crippen LogP contribution < -0.4 is 0 Å². The van der Waals surface area contributed by atoms with E-state index >= 15 is 0 Å². The van der Waals surface area contributed by atoms with Crippen molar-refractivity contribution in [3.63, 3.8) is 0 Å². The van der Waals surface area contributed by atoms with Gasteiger partial charge in [0.25, 0.3) is 0 Å². The molecule has 4 rings (SSSR count). The quantitative estimate of drug-likeness (QED) is 0.454. The molecule has 0 radical (unpaired) electrons. The Labute approximate surface area is 172 Å². The fourth-order valence-corrected chi connectivity index (χ4v) is 6.06. The van der Waals surface area contributed by atoms with Crippen LogP contribution >= 0.6 is 0 Å². The maximum absolute atomic E-state index is 2.64. The lowest BCUT2D eigenvalue weighted by molar-refractivity contribution is 0.162. The summed E-state index contributed by atoms with van der Waals surface area (Å²) in [5, 5.41) is 0. The minimum Gasteiger partial charge on any atom is -0.0842 e. The molecule has 28 heavy (non-hydrogen) atoms. The third kappa shape index (κ3) is 4.07. The van der Waals surface area contributed by atoms with Crippen LogP contribution in [0.15, 0.2) is 60.2 Å². The first-order chi connectivity index (χ1) is 13.7. The van der Waals surface area contributed by atoms with Crippen LogP contribution in [0.2, 0.25) is 0 Å². The van der Waals surface area contributed by atoms with Crippen molar-refractivity contribution in [2.24, 2.45) is 23.2 Å². The highest BCUT2D eigenvalue weighted by Gasteiger charge is 2.42. The Morgan fingerprint density at radius 1 is 0.964 bits per heavy atom. The summed E-state index contributed by atoms with van der Waals surface area (Å²) in [6, 6.07) is 10.9. The van der Waals surface area contributed by atoms with Crippen LogP contribution in [-0.4, -0.2) is 0 Å². The fourth-order valence-electron chi connectivity index (χ4n) is 6.06. The van der Waals surface area contributed by atoms with Crippen LogP contribution in [0.1, 0.15) is 83.6 Å². The molecule has 0 nitrogen and oxygen atoms in total. The molecule has 0 heteroatoms. The summed E-state index contributed by atoms with van der Waals surface area (Å²) in [5.74, 6) is 2.69. The molecule has 2 unspecified atom stereocenters. The van der Waals surface area contributed by atoms with Crippen LogP contribution in [0.5, 0.6) is 0 Å². The second-order valence-corrected chi connectivity index (χ2v) is 9.72. The molecule has 0 saturated heterocycles. The monoisotopic (exact) mass is 374 g/mol. The van der Waals surface area contributed by atoms with Gasteiger partial charge in [0, 0.05) is 5.41 Å². The van der Waals surface area contributed by atoms with Crippen molar-refractivity contribution in [2.45, 2.75) is 78.1 Å². The van der Waals surface area contributed by atoms with E-state index in [4.69, 9.17) is 0 Å². The van der Waals surface area contributed by atoms with Crippen LogP contribution in [0, 0.1) is 23.2 Å². The van der Waals surface area contributed by atoms with Crippen LogP contribution in [0.3, 0.4) is 0 Å². The van der Waals surface area contributed by atoms with E-state index in [1.807, 2.05) is 0 Å². The number of allylic oxidation sites excluding steroid dienone is 6. The maximum atomic E-state index is 2.64. The largest absolute Gasteiger partial charge is 0.0842 e. The lowest BCUT2D eigenvalue weighted by atomic mass is 9.58. The van der Waals surface area contributed by atoms with E-state index in [-0.39, 0.29) is 0 Å². The first-order valence-electron chi connectivity index (χ1n) is 11.9. The lowest BCUT2D eigenvalue weighted by Gasteiger charge is -2.46. The Balaban J connectivity index is 1.58. The van der Waals surface area contributed by atoms with Crippen molar-refractivity contribution in [1.29, 1.82) is 0 Å². The number of hydrogen-bond donors (Lipinski definition) is 0. The zero-order valence-corrected chi connectivity index (χ0v) is 18.0. The van der Waals surface area contributed by atoms with Gasteiger partial charge in [-0.1, -0.05) is 99.7 Å². The zero-order chi connectivity index (χ0) is 19.4. The van der Waals surface area contributed by atoms with E-state index in [1.165, 1.54) is 75.3 Å². The third-order valence-corrected chi connectivity index (χ3v) is 7.87. The summed E-state index contributed by atoms with van der Waals surface area (Å²) in [5.41, 5.74) is 4.85. The topological polar surface area (TPSA) is 0 Å². The standard InChI is InChI=1S/C28H38/c1-3-7-23-12-16-27(17-13-23)28(26-14-10-22(2)11-15-26)20-18-25(19-21-28)24-8-5-4-6-9-24/h4-6,8-9,14,18-20,22-23,27H,3,7,10-13,15-17,21H2,1-2H3. The number of hydrogen-bond acceptors (Lipinski definition) is 0. The van der Waals surface area contributed by atoms with Gasteiger partial charge in [-0.15, -0.1) is 0 Å². The Morgan fingerprint density at radius 2 is 1.75 bits per heavy atom. The van der Waals surface area contributed by atoms with E-state index in [9.17, 15) is 0 Å². The summed E-state index contributed by atoms with van der Waals surface area (Å²) in [4.78, 5) is 0. The van der Waals surface area contributed by atoms with Gasteiger partial charge in [-0.25, -0.2) is 0 Å². The predicted octanol–water partition coefficient (Wildman–Crippen LogP) is 8.37. The van der Waals surface area contributed by atoms with Gasteiger partial charge in [-0.05, 0) is 67.4 Å². The third-order valence-electron chi connectivity index (χ3n) is 7.87. The Bertz CT molecular complexity index is 727. The molecule has 0 amide bonds. The van der Waals surface area contributed by atoms with Gasteiger partial charge in [0.1, 0.15) is 0 Å². The summed E-state index contributed by atoms with van der Waals surface area (Å²) in [7, 11) is 0. The molecule has 150 valence electrons. The van der Waals surface area contributed by atoms with Crippen molar-refractivity contribution in [3.8, 4) is 0 Å². The molecule has 0 N–H and O–H groups in total. The molecule has 1 aromatic rings. The summed E-state index contributed by atoms with van der Waals surface area (Å²) in [6.07, 6.45) is 24.0. The molecule has 2 atom stereocenters. The fraction of sp³-hybridized carbons (Fsp3) is 0.571. The van der Waals surface area contributed by atoms with Gasteiger partial charge in [0.05, 0.1) is 0 Å². The van der Waals surface area contributed by atoms with Gasteiger partial charge in [-0.2, -0.15) is 0 Å². The smallest absolute Gasteiger partial charge is 0.0157 e. The van der Waals surface area contributed by atoms with E-state index in [2.05, 4.69) is 68.5 Å². The van der Waals surface area contributed by atoms with E-state index in [0.717, 1.165) is 17.8 Å². The van der Waals surface area contributed by atoms with Crippen molar-refractivity contribution in [2.75, 3.05) is 0 Å². The molecule has 3 aliphatic carbocycles. The molecule has 0 bridgehead atoms. The highest BCUT2D eigenvalue weighted by molar-refractivity contribution is 5.75. The molecule has 0 aromatic heterocycles. The minimum absolute atomic E-state index is 0.301. The van der Waals surface area contributed by atoms with Gasteiger partial charge >= 0.3 is 0 Å². The normalized spacial score (nSPS) is 33.3. The van der Waals surface area contributed by atoms with E-state index in [1.54, 1.807) is 5.57 Å². The molecule has 1 fully saturated rings. The lowest BCUT2D eigenvalue weighted by Crippen LogP contribution is -2.35. The molecule has 3 aliphatic rings. The predicted molar refractivity (Wildman–Crippen MR) is 122 cm³/mol. The number of rotatable bonds is 5. The molecule has 1 saturated carbocycles. The first-order valence-corrected chi connectivity index (χ1v) is 11.9. The second-order valence-electron chi connectivity index (χ2n) is 9.72. The van der Waals surface area contributed by atoms with Gasteiger partial charge in [-0.3, -0.25) is 0 Å². The average Bonchev–Trinajstić information content (AvgIpc) is 2.76. The highest BCUT2D eigenvalue weighted by Crippen LogP contribution is 2.53. The zero-order valence-electron chi connectivity index (χ0n) is 18.0. The van der Waals surface area contributed by atoms with Gasteiger partial charge < -0.3 is 0 Å². The van der Waals surface area contributed by atoms with Crippen LogP contribution in [-0.2, 0) is 0 Å². The Morgan fingerprint density at radius 3 is 2.36 bits per heavy atom.